The summed E-state index contributed by atoms with van der Waals surface area (Å²) in [6.07, 6.45) is -8.90. The van der Waals surface area contributed by atoms with Gasteiger partial charge in [0.2, 0.25) is 0 Å². The normalized spacial score (nSPS) is 6.80. The molecule has 0 saturated carbocycles. The van der Waals surface area contributed by atoms with Crippen LogP contribution < -0.4 is 28.2 Å². The number of hydrogen-bond donors (Lipinski definition) is 0. The summed E-state index contributed by atoms with van der Waals surface area (Å²) in [6.45, 7) is 0. The molecular formula is C3F12-6. The van der Waals surface area contributed by atoms with E-state index in [4.69, 9.17) is 0 Å². The van der Waals surface area contributed by atoms with Crippen LogP contribution in [-0.4, -0.2) is 6.18 Å². The number of allylic oxidation sites excluding steroid dienone is 1. The molecule has 0 bridgehead atoms. The predicted octanol–water partition coefficient (Wildman–Crippen LogP) is -15.3. The van der Waals surface area contributed by atoms with Crippen molar-refractivity contribution in [2.45, 2.75) is 6.18 Å². The standard InChI is InChI=1S/C3F6.6FH/c4-1(2(5)6)3(7,8)9;;;;;;/h;6*1H/p-6. The highest BCUT2D eigenvalue weighted by atomic mass is 19.4. The minimum absolute atomic E-state index is 0. The van der Waals surface area contributed by atoms with Gasteiger partial charge in [0.25, 0.3) is 5.83 Å². The molecule has 15 heavy (non-hydrogen) atoms. The summed E-state index contributed by atoms with van der Waals surface area (Å²) in [5.74, 6) is -3.33. The molecule has 0 aromatic heterocycles. The Labute approximate surface area is 74.1 Å². The first-order valence-corrected chi connectivity index (χ1v) is 1.63. The Morgan fingerprint density at radius 3 is 0.800 bits per heavy atom. The third-order valence-corrected chi connectivity index (χ3v) is 0.415. The molecule has 0 saturated heterocycles. The summed E-state index contributed by atoms with van der Waals surface area (Å²) in [7, 11) is 0. The van der Waals surface area contributed by atoms with Crippen molar-refractivity contribution in [2.75, 3.05) is 0 Å². The topological polar surface area (TPSA) is 0 Å². The average Bonchev–Trinajstić information content (AvgIpc) is 1.62. The number of hydrogen-bond acceptors (Lipinski definition) is 0. The molecule has 0 spiro atoms. The van der Waals surface area contributed by atoms with Crippen LogP contribution in [0, 0.1) is 0 Å². The molecular weight excluding hydrogens is 264 g/mol. The predicted molar refractivity (Wildman–Crippen MR) is 16.4 cm³/mol. The first-order chi connectivity index (χ1) is 3.85. The summed E-state index contributed by atoms with van der Waals surface area (Å²) in [6, 6.07) is 0. The van der Waals surface area contributed by atoms with Crippen LogP contribution >= 0.6 is 0 Å². The fraction of sp³-hybridized carbons (Fsp3) is 0.333. The van der Waals surface area contributed by atoms with Crippen LogP contribution in [-0.2, 0) is 0 Å². The summed E-state index contributed by atoms with van der Waals surface area (Å²) in [5, 5.41) is 0. The maximum absolute atomic E-state index is 11.0. The van der Waals surface area contributed by atoms with E-state index >= 15 is 0 Å². The van der Waals surface area contributed by atoms with E-state index in [1.807, 2.05) is 0 Å². The highest BCUT2D eigenvalue weighted by Crippen LogP contribution is 2.29. The van der Waals surface area contributed by atoms with Crippen molar-refractivity contribution >= 4 is 0 Å². The van der Waals surface area contributed by atoms with Crippen molar-refractivity contribution in [3.05, 3.63) is 11.9 Å². The minimum Gasteiger partial charge on any atom is -1.00 e. The molecule has 0 heterocycles. The maximum Gasteiger partial charge on any atom is 0.448 e. The van der Waals surface area contributed by atoms with Gasteiger partial charge in [0.15, 0.2) is 0 Å². The van der Waals surface area contributed by atoms with Gasteiger partial charge >= 0.3 is 12.3 Å². The van der Waals surface area contributed by atoms with Crippen molar-refractivity contribution < 1.29 is 54.6 Å². The van der Waals surface area contributed by atoms with Gasteiger partial charge in [0, 0.05) is 0 Å². The van der Waals surface area contributed by atoms with E-state index in [1.165, 1.54) is 0 Å². The van der Waals surface area contributed by atoms with Crippen molar-refractivity contribution in [1.29, 1.82) is 0 Å². The fourth-order valence-corrected chi connectivity index (χ4v) is 0.107. The summed E-state index contributed by atoms with van der Waals surface area (Å²) in [5.41, 5.74) is 0. The lowest BCUT2D eigenvalue weighted by Gasteiger charge is -1.98. The van der Waals surface area contributed by atoms with Crippen LogP contribution in [0.2, 0.25) is 0 Å². The van der Waals surface area contributed by atoms with Crippen molar-refractivity contribution in [3.8, 4) is 0 Å². The molecule has 0 aliphatic rings. The van der Waals surface area contributed by atoms with Crippen LogP contribution in [0.4, 0.5) is 26.3 Å². The number of rotatable bonds is 0. The molecule has 0 aromatic rings. The van der Waals surface area contributed by atoms with Gasteiger partial charge in [-0.05, 0) is 0 Å². The Morgan fingerprint density at radius 1 is 0.600 bits per heavy atom. The van der Waals surface area contributed by atoms with Gasteiger partial charge in [-0.1, -0.05) is 0 Å². The van der Waals surface area contributed by atoms with Crippen LogP contribution in [0.5, 0.6) is 0 Å². The van der Waals surface area contributed by atoms with Gasteiger partial charge in [0.1, 0.15) is 0 Å². The average molecular weight is 264 g/mol. The molecule has 0 aliphatic heterocycles. The van der Waals surface area contributed by atoms with Gasteiger partial charge < -0.3 is 28.2 Å². The molecule has 102 valence electrons. The third-order valence-electron chi connectivity index (χ3n) is 0.415. The smallest absolute Gasteiger partial charge is 0.448 e. The molecule has 0 amide bonds. The van der Waals surface area contributed by atoms with Crippen molar-refractivity contribution in [3.63, 3.8) is 0 Å². The van der Waals surface area contributed by atoms with E-state index in [2.05, 4.69) is 0 Å². The van der Waals surface area contributed by atoms with Crippen LogP contribution in [0.25, 0.3) is 0 Å². The lowest BCUT2D eigenvalue weighted by molar-refractivity contribution is -0.113. The van der Waals surface area contributed by atoms with Crippen molar-refractivity contribution in [1.82, 2.24) is 0 Å². The molecule has 0 fully saturated rings. The van der Waals surface area contributed by atoms with E-state index < -0.39 is 18.1 Å². The first kappa shape index (κ1) is 48.6. The van der Waals surface area contributed by atoms with Gasteiger partial charge in [-0.15, -0.1) is 0 Å². The Morgan fingerprint density at radius 2 is 0.800 bits per heavy atom. The monoisotopic (exact) mass is 264 g/mol. The molecule has 0 nitrogen and oxygen atoms in total. The van der Waals surface area contributed by atoms with Gasteiger partial charge in [0.05, 0.1) is 0 Å². The lowest BCUT2D eigenvalue weighted by atomic mass is 10.6. The SMILES string of the molecule is FC(F)=C(F)C(F)(F)F.[F-].[F-].[F-].[F-].[F-].[F-]. The zero-order valence-corrected chi connectivity index (χ0v) is 6.04. The first-order valence-electron chi connectivity index (χ1n) is 1.63. The number of halogens is 12. The second kappa shape index (κ2) is 15.4. The maximum atomic E-state index is 11.0. The summed E-state index contributed by atoms with van der Waals surface area (Å²) in [4.78, 5) is 0. The van der Waals surface area contributed by atoms with Crippen LogP contribution in [0.3, 0.4) is 0 Å². The summed E-state index contributed by atoms with van der Waals surface area (Å²) < 4.78 is 64.8. The largest absolute Gasteiger partial charge is 1.00 e. The Hall–Kier alpha value is -1.10. The molecule has 0 aliphatic carbocycles. The molecule has 0 N–H and O–H groups in total. The Balaban J connectivity index is -0.0000000213. The van der Waals surface area contributed by atoms with E-state index in [1.54, 1.807) is 0 Å². The van der Waals surface area contributed by atoms with E-state index in [0.717, 1.165) is 0 Å². The second-order valence-electron chi connectivity index (χ2n) is 1.07. The highest BCUT2D eigenvalue weighted by molar-refractivity contribution is 4.98. The van der Waals surface area contributed by atoms with E-state index in [-0.39, 0.29) is 28.2 Å². The number of alkyl halides is 3. The quantitative estimate of drug-likeness (QED) is 0.381. The summed E-state index contributed by atoms with van der Waals surface area (Å²) >= 11 is 0. The lowest BCUT2D eigenvalue weighted by Crippen LogP contribution is -3.00. The molecule has 0 aromatic carbocycles. The molecule has 0 unspecified atom stereocenters. The third kappa shape index (κ3) is 19.3. The molecule has 12 heteroatoms. The zero-order chi connectivity index (χ0) is 7.65. The van der Waals surface area contributed by atoms with Crippen LogP contribution in [0.1, 0.15) is 0 Å². The van der Waals surface area contributed by atoms with E-state index in [0.29, 0.717) is 0 Å². The van der Waals surface area contributed by atoms with Gasteiger partial charge in [-0.3, -0.25) is 0 Å². The Bertz CT molecular complexity index is 128. The fourth-order valence-electron chi connectivity index (χ4n) is 0.107. The van der Waals surface area contributed by atoms with Gasteiger partial charge in [-0.2, -0.15) is 26.3 Å². The molecule has 0 rings (SSSR count). The van der Waals surface area contributed by atoms with E-state index in [9.17, 15) is 26.3 Å². The zero-order valence-electron chi connectivity index (χ0n) is 6.04. The second-order valence-corrected chi connectivity index (χ2v) is 1.07. The van der Waals surface area contributed by atoms with Crippen molar-refractivity contribution in [2.24, 2.45) is 0 Å². The molecule has 0 atom stereocenters. The van der Waals surface area contributed by atoms with Gasteiger partial charge in [-0.25, -0.2) is 0 Å². The minimum atomic E-state index is -5.56. The molecule has 0 radical (unpaired) electrons. The highest BCUT2D eigenvalue weighted by Gasteiger charge is 2.38. The van der Waals surface area contributed by atoms with Crippen LogP contribution in [0.15, 0.2) is 11.9 Å². The Kier molecular flexibility index (Phi) is 49.8.